The molecule has 76 valence electrons. The van der Waals surface area contributed by atoms with E-state index in [0.29, 0.717) is 5.56 Å². The van der Waals surface area contributed by atoms with Gasteiger partial charge in [0.15, 0.2) is 0 Å². The first-order valence-electron chi connectivity index (χ1n) is 4.62. The van der Waals surface area contributed by atoms with Crippen molar-refractivity contribution < 1.29 is 9.90 Å². The van der Waals surface area contributed by atoms with Crippen molar-refractivity contribution in [2.24, 2.45) is 5.73 Å². The summed E-state index contributed by atoms with van der Waals surface area (Å²) in [4.78, 5) is 11.3. The first-order valence-corrected chi connectivity index (χ1v) is 4.62. The van der Waals surface area contributed by atoms with Gasteiger partial charge in [0.2, 0.25) is 5.91 Å². The van der Waals surface area contributed by atoms with Gasteiger partial charge < -0.3 is 10.8 Å². The van der Waals surface area contributed by atoms with Gasteiger partial charge in [0, 0.05) is 5.56 Å². The normalized spacial score (nSPS) is 10.5. The number of phenolic OH excluding ortho intramolecular Hbond substituents is 1. The number of benzene rings is 2. The molecule has 0 bridgehead atoms. The lowest BCUT2D eigenvalue weighted by Gasteiger charge is -2.06. The van der Waals surface area contributed by atoms with Crippen molar-refractivity contribution in [1.29, 1.82) is 0 Å². The number of aryl methyl sites for hydroxylation is 1. The van der Waals surface area contributed by atoms with Crippen LogP contribution < -0.4 is 5.73 Å². The highest BCUT2D eigenvalue weighted by Gasteiger charge is 2.09. The molecule has 0 atom stereocenters. The average molecular weight is 201 g/mol. The van der Waals surface area contributed by atoms with Gasteiger partial charge in [-0.2, -0.15) is 0 Å². The van der Waals surface area contributed by atoms with Gasteiger partial charge in [-0.05, 0) is 41.5 Å². The van der Waals surface area contributed by atoms with Crippen LogP contribution in [-0.4, -0.2) is 11.0 Å². The van der Waals surface area contributed by atoms with E-state index in [1.807, 2.05) is 19.1 Å². The molecule has 0 fully saturated rings. The van der Waals surface area contributed by atoms with Gasteiger partial charge >= 0.3 is 0 Å². The van der Waals surface area contributed by atoms with E-state index in [2.05, 4.69) is 0 Å². The van der Waals surface area contributed by atoms with Crippen molar-refractivity contribution in [2.75, 3.05) is 0 Å². The predicted octanol–water partition coefficient (Wildman–Crippen LogP) is 1.95. The fourth-order valence-electron chi connectivity index (χ4n) is 1.75. The third kappa shape index (κ3) is 1.52. The number of rotatable bonds is 1. The van der Waals surface area contributed by atoms with Crippen LogP contribution in [-0.2, 0) is 0 Å². The van der Waals surface area contributed by atoms with Crippen LogP contribution in [0.25, 0.3) is 10.8 Å². The van der Waals surface area contributed by atoms with Crippen molar-refractivity contribution in [2.45, 2.75) is 6.92 Å². The number of hydrogen-bond donors (Lipinski definition) is 2. The van der Waals surface area contributed by atoms with Crippen LogP contribution in [0, 0.1) is 6.92 Å². The second-order valence-corrected chi connectivity index (χ2v) is 3.53. The SMILES string of the molecule is Cc1ccc2cc(O)ccc2c1C(N)=O. The van der Waals surface area contributed by atoms with Crippen LogP contribution in [0.2, 0.25) is 0 Å². The molecule has 0 aliphatic rings. The van der Waals surface area contributed by atoms with Gasteiger partial charge in [-0.1, -0.05) is 12.1 Å². The number of nitrogens with two attached hydrogens (primary N) is 1. The Morgan fingerprint density at radius 2 is 2.00 bits per heavy atom. The summed E-state index contributed by atoms with van der Waals surface area (Å²) in [5, 5.41) is 10.9. The van der Waals surface area contributed by atoms with Crippen LogP contribution >= 0.6 is 0 Å². The second kappa shape index (κ2) is 3.28. The zero-order valence-corrected chi connectivity index (χ0v) is 8.32. The molecule has 0 aliphatic heterocycles. The monoisotopic (exact) mass is 201 g/mol. The number of fused-ring (bicyclic) bond motifs is 1. The molecule has 3 nitrogen and oxygen atoms in total. The summed E-state index contributed by atoms with van der Waals surface area (Å²) in [5.74, 6) is -0.259. The third-order valence-electron chi connectivity index (χ3n) is 2.46. The number of phenols is 1. The van der Waals surface area contributed by atoms with Gasteiger partial charge in [-0.15, -0.1) is 0 Å². The van der Waals surface area contributed by atoms with Gasteiger partial charge in [-0.3, -0.25) is 4.79 Å². The minimum atomic E-state index is -0.441. The number of carbonyl (C=O) groups is 1. The first kappa shape index (κ1) is 9.52. The molecule has 3 heteroatoms. The van der Waals surface area contributed by atoms with E-state index in [4.69, 9.17) is 5.73 Å². The predicted molar refractivity (Wildman–Crippen MR) is 58.9 cm³/mol. The van der Waals surface area contributed by atoms with Crippen molar-refractivity contribution in [3.05, 3.63) is 41.5 Å². The lowest BCUT2D eigenvalue weighted by atomic mass is 9.99. The molecule has 1 amide bonds. The van der Waals surface area contributed by atoms with E-state index in [-0.39, 0.29) is 5.75 Å². The van der Waals surface area contributed by atoms with Crippen LogP contribution in [0.4, 0.5) is 0 Å². The molecule has 0 saturated heterocycles. The smallest absolute Gasteiger partial charge is 0.249 e. The molecular weight excluding hydrogens is 190 g/mol. The quantitative estimate of drug-likeness (QED) is 0.740. The van der Waals surface area contributed by atoms with E-state index in [9.17, 15) is 9.90 Å². The summed E-state index contributed by atoms with van der Waals surface area (Å²) in [6, 6.07) is 8.55. The molecule has 0 aromatic heterocycles. The fraction of sp³-hybridized carbons (Fsp3) is 0.0833. The Balaban J connectivity index is 2.88. The minimum absolute atomic E-state index is 0.182. The summed E-state index contributed by atoms with van der Waals surface area (Å²) >= 11 is 0. The largest absolute Gasteiger partial charge is 0.508 e. The fourth-order valence-corrected chi connectivity index (χ4v) is 1.75. The summed E-state index contributed by atoms with van der Waals surface area (Å²) in [5.41, 5.74) is 6.69. The maximum absolute atomic E-state index is 11.3. The number of amides is 1. The average Bonchev–Trinajstić information content (AvgIpc) is 2.17. The Labute approximate surface area is 87.1 Å². The maximum Gasteiger partial charge on any atom is 0.249 e. The number of primary amides is 1. The molecule has 2 aromatic rings. The summed E-state index contributed by atoms with van der Waals surface area (Å²) in [7, 11) is 0. The van der Waals surface area contributed by atoms with Crippen molar-refractivity contribution in [1.82, 2.24) is 0 Å². The minimum Gasteiger partial charge on any atom is -0.508 e. The second-order valence-electron chi connectivity index (χ2n) is 3.53. The van der Waals surface area contributed by atoms with E-state index >= 15 is 0 Å². The Kier molecular flexibility index (Phi) is 2.08. The third-order valence-corrected chi connectivity index (χ3v) is 2.46. The van der Waals surface area contributed by atoms with Crippen molar-refractivity contribution in [3.8, 4) is 5.75 Å². The number of hydrogen-bond acceptors (Lipinski definition) is 2. The zero-order valence-electron chi connectivity index (χ0n) is 8.32. The van der Waals surface area contributed by atoms with E-state index in [1.54, 1.807) is 18.2 Å². The number of aromatic hydroxyl groups is 1. The lowest BCUT2D eigenvalue weighted by Crippen LogP contribution is -2.13. The summed E-state index contributed by atoms with van der Waals surface area (Å²) < 4.78 is 0. The van der Waals surface area contributed by atoms with Crippen LogP contribution in [0.1, 0.15) is 15.9 Å². The first-order chi connectivity index (χ1) is 7.09. The van der Waals surface area contributed by atoms with Gasteiger partial charge in [0.05, 0.1) is 0 Å². The number of carbonyl (C=O) groups excluding carboxylic acids is 1. The molecule has 0 saturated carbocycles. The van der Waals surface area contributed by atoms with Gasteiger partial charge in [-0.25, -0.2) is 0 Å². The highest BCUT2D eigenvalue weighted by atomic mass is 16.3. The van der Waals surface area contributed by atoms with Gasteiger partial charge in [0.1, 0.15) is 5.75 Å². The van der Waals surface area contributed by atoms with Gasteiger partial charge in [0.25, 0.3) is 0 Å². The lowest BCUT2D eigenvalue weighted by molar-refractivity contribution is 0.100. The molecule has 0 aliphatic carbocycles. The van der Waals surface area contributed by atoms with Crippen molar-refractivity contribution in [3.63, 3.8) is 0 Å². The molecule has 2 rings (SSSR count). The Morgan fingerprint density at radius 1 is 1.27 bits per heavy atom. The summed E-state index contributed by atoms with van der Waals surface area (Å²) in [6.45, 7) is 1.84. The molecule has 0 unspecified atom stereocenters. The van der Waals surface area contributed by atoms with Crippen molar-refractivity contribution >= 4 is 16.7 Å². The molecular formula is C12H11NO2. The van der Waals surface area contributed by atoms with E-state index < -0.39 is 5.91 Å². The zero-order chi connectivity index (χ0) is 11.0. The molecule has 2 aromatic carbocycles. The van der Waals surface area contributed by atoms with E-state index in [0.717, 1.165) is 16.3 Å². The standard InChI is InChI=1S/C12H11NO2/c1-7-2-3-8-6-9(14)4-5-10(8)11(7)12(13)15/h2-6,14H,1H3,(H2,13,15). The Morgan fingerprint density at radius 3 is 2.67 bits per heavy atom. The highest BCUT2D eigenvalue weighted by molar-refractivity contribution is 6.07. The Hall–Kier alpha value is -2.03. The molecule has 15 heavy (non-hydrogen) atoms. The molecule has 0 radical (unpaired) electrons. The van der Waals surface area contributed by atoms with Crippen LogP contribution in [0.5, 0.6) is 5.75 Å². The highest BCUT2D eigenvalue weighted by Crippen LogP contribution is 2.25. The topological polar surface area (TPSA) is 63.3 Å². The van der Waals surface area contributed by atoms with Crippen LogP contribution in [0.15, 0.2) is 30.3 Å². The molecule has 0 heterocycles. The molecule has 0 spiro atoms. The molecule has 3 N–H and O–H groups in total. The van der Waals surface area contributed by atoms with E-state index in [1.165, 1.54) is 0 Å². The summed E-state index contributed by atoms with van der Waals surface area (Å²) in [6.07, 6.45) is 0. The van der Waals surface area contributed by atoms with Crippen LogP contribution in [0.3, 0.4) is 0 Å². The Bertz CT molecular complexity index is 547. The maximum atomic E-state index is 11.3.